The molecule has 0 amide bonds. The zero-order chi connectivity index (χ0) is 16.2. The largest absolute Gasteiger partial charge is 0.461 e. The normalized spacial score (nSPS) is 16.4. The highest BCUT2D eigenvalue weighted by Crippen LogP contribution is 2.20. The number of carbonyl (C=O) groups excluding carboxylic acids is 2. The third-order valence-electron chi connectivity index (χ3n) is 4.29. The standard InChI is InChI=1S/C18H20N2O3/c1-20-9-7-13(8-10-20)18(22)15-5-2-4-14(19-15)12-16(21)17-6-3-11-23-17/h2-6,11,13H,7-10,12H2,1H3. The van der Waals surface area contributed by atoms with Crippen molar-refractivity contribution in [3.8, 4) is 0 Å². The minimum Gasteiger partial charge on any atom is -0.461 e. The fourth-order valence-electron chi connectivity index (χ4n) is 2.88. The monoisotopic (exact) mass is 312 g/mol. The molecule has 0 unspecified atom stereocenters. The predicted molar refractivity (Wildman–Crippen MR) is 85.5 cm³/mol. The van der Waals surface area contributed by atoms with E-state index in [4.69, 9.17) is 4.42 Å². The molecule has 0 aliphatic carbocycles. The summed E-state index contributed by atoms with van der Waals surface area (Å²) in [5, 5.41) is 0. The topological polar surface area (TPSA) is 63.4 Å². The van der Waals surface area contributed by atoms with Crippen LogP contribution in [0, 0.1) is 5.92 Å². The summed E-state index contributed by atoms with van der Waals surface area (Å²) in [5.41, 5.74) is 1.06. The smallest absolute Gasteiger partial charge is 0.203 e. The van der Waals surface area contributed by atoms with Crippen molar-refractivity contribution < 1.29 is 14.0 Å². The van der Waals surface area contributed by atoms with E-state index in [0.717, 1.165) is 25.9 Å². The first-order valence-electron chi connectivity index (χ1n) is 7.89. The van der Waals surface area contributed by atoms with Crippen LogP contribution in [0.1, 0.15) is 39.6 Å². The van der Waals surface area contributed by atoms with Gasteiger partial charge in [-0.3, -0.25) is 9.59 Å². The molecule has 0 spiro atoms. The number of ketones is 2. The van der Waals surface area contributed by atoms with Crippen LogP contribution in [-0.4, -0.2) is 41.6 Å². The highest BCUT2D eigenvalue weighted by atomic mass is 16.3. The van der Waals surface area contributed by atoms with Crippen molar-refractivity contribution in [1.82, 2.24) is 9.88 Å². The number of carbonyl (C=O) groups is 2. The number of hydrogen-bond donors (Lipinski definition) is 0. The number of furan rings is 1. The minimum absolute atomic E-state index is 0.0368. The number of Topliss-reactive ketones (excluding diaryl/α,β-unsaturated/α-hetero) is 2. The molecule has 0 N–H and O–H groups in total. The molecule has 0 bridgehead atoms. The quantitative estimate of drug-likeness (QED) is 0.794. The van der Waals surface area contributed by atoms with Crippen LogP contribution in [0.4, 0.5) is 0 Å². The summed E-state index contributed by atoms with van der Waals surface area (Å²) in [7, 11) is 2.07. The molecule has 120 valence electrons. The second-order valence-corrected chi connectivity index (χ2v) is 6.03. The number of pyridine rings is 1. The first-order valence-corrected chi connectivity index (χ1v) is 7.89. The van der Waals surface area contributed by atoms with Crippen LogP contribution in [0.3, 0.4) is 0 Å². The van der Waals surface area contributed by atoms with Crippen molar-refractivity contribution in [2.24, 2.45) is 5.92 Å². The van der Waals surface area contributed by atoms with E-state index < -0.39 is 0 Å². The van der Waals surface area contributed by atoms with Crippen molar-refractivity contribution in [3.63, 3.8) is 0 Å². The summed E-state index contributed by atoms with van der Waals surface area (Å²) in [6, 6.07) is 8.62. The first kappa shape index (κ1) is 15.6. The van der Waals surface area contributed by atoms with Gasteiger partial charge in [0.25, 0.3) is 0 Å². The van der Waals surface area contributed by atoms with Gasteiger partial charge in [0.15, 0.2) is 11.5 Å². The van der Waals surface area contributed by atoms with Crippen molar-refractivity contribution in [1.29, 1.82) is 0 Å². The predicted octanol–water partition coefficient (Wildman–Crippen LogP) is 2.62. The summed E-state index contributed by atoms with van der Waals surface area (Å²) < 4.78 is 5.10. The molecule has 2 aromatic rings. The maximum atomic E-state index is 12.6. The molecular weight excluding hydrogens is 292 g/mol. The maximum Gasteiger partial charge on any atom is 0.203 e. The van der Waals surface area contributed by atoms with Gasteiger partial charge in [-0.25, -0.2) is 4.98 Å². The molecule has 0 atom stereocenters. The fraction of sp³-hybridized carbons (Fsp3) is 0.389. The molecule has 1 aliphatic rings. The Kier molecular flexibility index (Phi) is 4.67. The number of likely N-dealkylation sites (tertiary alicyclic amines) is 1. The molecule has 0 saturated carbocycles. The van der Waals surface area contributed by atoms with E-state index in [1.807, 2.05) is 0 Å². The van der Waals surface area contributed by atoms with E-state index in [1.165, 1.54) is 6.26 Å². The number of piperidine rings is 1. The van der Waals surface area contributed by atoms with Gasteiger partial charge in [0.1, 0.15) is 5.69 Å². The zero-order valence-electron chi connectivity index (χ0n) is 13.2. The van der Waals surface area contributed by atoms with Crippen LogP contribution in [0.15, 0.2) is 41.0 Å². The number of aromatic nitrogens is 1. The average molecular weight is 312 g/mol. The van der Waals surface area contributed by atoms with Crippen molar-refractivity contribution in [2.45, 2.75) is 19.3 Å². The molecule has 3 rings (SSSR count). The SMILES string of the molecule is CN1CCC(C(=O)c2cccc(CC(=O)c3ccco3)n2)CC1. The minimum atomic E-state index is -0.133. The average Bonchev–Trinajstić information content (AvgIpc) is 3.10. The lowest BCUT2D eigenvalue weighted by Gasteiger charge is -2.27. The third kappa shape index (κ3) is 3.74. The molecule has 23 heavy (non-hydrogen) atoms. The van der Waals surface area contributed by atoms with E-state index in [9.17, 15) is 9.59 Å². The van der Waals surface area contributed by atoms with Gasteiger partial charge in [-0.05, 0) is 57.2 Å². The van der Waals surface area contributed by atoms with Crippen molar-refractivity contribution in [3.05, 3.63) is 53.7 Å². The molecule has 1 fully saturated rings. The Morgan fingerprint density at radius 1 is 1.22 bits per heavy atom. The number of rotatable bonds is 5. The Bertz CT molecular complexity index is 686. The molecule has 3 heterocycles. The highest BCUT2D eigenvalue weighted by molar-refractivity contribution is 5.97. The summed E-state index contributed by atoms with van der Waals surface area (Å²) in [6.45, 7) is 1.88. The molecule has 1 saturated heterocycles. The zero-order valence-corrected chi connectivity index (χ0v) is 13.2. The van der Waals surface area contributed by atoms with E-state index in [1.54, 1.807) is 30.3 Å². The lowest BCUT2D eigenvalue weighted by molar-refractivity contribution is 0.0850. The van der Waals surface area contributed by atoms with Gasteiger partial charge in [-0.1, -0.05) is 6.07 Å². The molecule has 0 aromatic carbocycles. The molecule has 0 radical (unpaired) electrons. The lowest BCUT2D eigenvalue weighted by Crippen LogP contribution is -2.33. The lowest BCUT2D eigenvalue weighted by atomic mass is 9.91. The first-order chi connectivity index (χ1) is 11.1. The van der Waals surface area contributed by atoms with Gasteiger partial charge in [0, 0.05) is 11.6 Å². The molecule has 5 nitrogen and oxygen atoms in total. The van der Waals surface area contributed by atoms with Gasteiger partial charge < -0.3 is 9.32 Å². The summed E-state index contributed by atoms with van der Waals surface area (Å²) in [5.74, 6) is 0.311. The van der Waals surface area contributed by atoms with Gasteiger partial charge in [-0.15, -0.1) is 0 Å². The second kappa shape index (κ2) is 6.87. The Labute approximate surface area is 135 Å². The molecule has 2 aromatic heterocycles. The Hall–Kier alpha value is -2.27. The molecule has 5 heteroatoms. The number of hydrogen-bond acceptors (Lipinski definition) is 5. The van der Waals surface area contributed by atoms with Gasteiger partial charge in [0.2, 0.25) is 5.78 Å². The van der Waals surface area contributed by atoms with Crippen LogP contribution < -0.4 is 0 Å². The maximum absolute atomic E-state index is 12.6. The fourth-order valence-corrected chi connectivity index (χ4v) is 2.88. The van der Waals surface area contributed by atoms with Gasteiger partial charge in [-0.2, -0.15) is 0 Å². The summed E-state index contributed by atoms with van der Waals surface area (Å²) in [4.78, 5) is 31.3. The van der Waals surface area contributed by atoms with E-state index in [-0.39, 0.29) is 23.9 Å². The second-order valence-electron chi connectivity index (χ2n) is 6.03. The van der Waals surface area contributed by atoms with Gasteiger partial charge >= 0.3 is 0 Å². The van der Waals surface area contributed by atoms with Crippen molar-refractivity contribution >= 4 is 11.6 Å². The van der Waals surface area contributed by atoms with Gasteiger partial charge in [0.05, 0.1) is 12.7 Å². The highest BCUT2D eigenvalue weighted by Gasteiger charge is 2.25. The summed E-state index contributed by atoms with van der Waals surface area (Å²) in [6.07, 6.45) is 3.35. The van der Waals surface area contributed by atoms with Crippen LogP contribution in [0.5, 0.6) is 0 Å². The Morgan fingerprint density at radius 3 is 2.70 bits per heavy atom. The van der Waals surface area contributed by atoms with E-state index in [2.05, 4.69) is 16.9 Å². The summed E-state index contributed by atoms with van der Waals surface area (Å²) >= 11 is 0. The van der Waals surface area contributed by atoms with Crippen LogP contribution in [0.2, 0.25) is 0 Å². The van der Waals surface area contributed by atoms with Crippen LogP contribution in [-0.2, 0) is 6.42 Å². The Balaban J connectivity index is 1.69. The molecule has 1 aliphatic heterocycles. The van der Waals surface area contributed by atoms with Crippen molar-refractivity contribution in [2.75, 3.05) is 20.1 Å². The van der Waals surface area contributed by atoms with E-state index >= 15 is 0 Å². The van der Waals surface area contributed by atoms with Crippen LogP contribution >= 0.6 is 0 Å². The number of nitrogens with zero attached hydrogens (tertiary/aromatic N) is 2. The van der Waals surface area contributed by atoms with Crippen LogP contribution in [0.25, 0.3) is 0 Å². The third-order valence-corrected chi connectivity index (χ3v) is 4.29. The molecular formula is C18H20N2O3. The van der Waals surface area contributed by atoms with E-state index in [0.29, 0.717) is 17.1 Å². The Morgan fingerprint density at radius 2 is 2.00 bits per heavy atom.